The van der Waals surface area contributed by atoms with Gasteiger partial charge in [0.2, 0.25) is 0 Å². The van der Waals surface area contributed by atoms with Crippen LogP contribution in [0.5, 0.6) is 5.75 Å². The summed E-state index contributed by atoms with van der Waals surface area (Å²) in [6.45, 7) is 0.147. The van der Waals surface area contributed by atoms with Crippen LogP contribution in [0.1, 0.15) is 18.0 Å². The monoisotopic (exact) mass is 339 g/mol. The third-order valence-corrected chi connectivity index (χ3v) is 3.00. The predicted octanol–water partition coefficient (Wildman–Crippen LogP) is 3.52. The zero-order valence-corrected chi connectivity index (χ0v) is 11.0. The Morgan fingerprint density at radius 3 is 2.79 bits per heavy atom. The lowest BCUT2D eigenvalue weighted by molar-refractivity contribution is -0.275. The molecule has 0 bridgehead atoms. The average molecular weight is 340 g/mol. The van der Waals surface area contributed by atoms with Gasteiger partial charge in [0.25, 0.3) is 0 Å². The molecule has 1 saturated heterocycles. The molecule has 1 N–H and O–H groups in total. The molecule has 0 saturated carbocycles. The van der Waals surface area contributed by atoms with Gasteiger partial charge < -0.3 is 14.8 Å². The van der Waals surface area contributed by atoms with Gasteiger partial charge in [0, 0.05) is 16.5 Å². The van der Waals surface area contributed by atoms with Gasteiger partial charge in [-0.1, -0.05) is 15.9 Å². The van der Waals surface area contributed by atoms with Crippen molar-refractivity contribution in [1.82, 2.24) is 5.32 Å². The van der Waals surface area contributed by atoms with E-state index in [1.54, 1.807) is 0 Å². The van der Waals surface area contributed by atoms with E-state index in [1.807, 2.05) is 0 Å². The first-order chi connectivity index (χ1) is 8.85. The number of hydrogen-bond donors (Lipinski definition) is 1. The molecule has 8 heteroatoms. The third-order valence-electron chi connectivity index (χ3n) is 2.50. The fourth-order valence-electron chi connectivity index (χ4n) is 1.77. The number of alkyl carbamates (subject to hydrolysis) is 1. The first kappa shape index (κ1) is 14.0. The lowest BCUT2D eigenvalue weighted by Gasteiger charge is -2.25. The van der Waals surface area contributed by atoms with Gasteiger partial charge in [-0.3, -0.25) is 0 Å². The minimum absolute atomic E-state index is 0.147. The van der Waals surface area contributed by atoms with E-state index >= 15 is 0 Å². The maximum Gasteiger partial charge on any atom is 0.573 e. The molecule has 0 unspecified atom stereocenters. The van der Waals surface area contributed by atoms with E-state index in [4.69, 9.17) is 0 Å². The number of alkyl halides is 3. The van der Waals surface area contributed by atoms with Crippen molar-refractivity contribution in [2.75, 3.05) is 6.61 Å². The number of cyclic esters (lactones) is 1. The van der Waals surface area contributed by atoms with Crippen LogP contribution in [0.2, 0.25) is 0 Å². The number of carbonyl (C=O) groups is 1. The Balaban J connectivity index is 2.31. The minimum Gasteiger partial charge on any atom is -0.449 e. The number of hydrogen-bond acceptors (Lipinski definition) is 3. The van der Waals surface area contributed by atoms with Crippen LogP contribution in [0.15, 0.2) is 22.7 Å². The second-order valence-electron chi connectivity index (χ2n) is 3.85. The summed E-state index contributed by atoms with van der Waals surface area (Å²) in [6.07, 6.45) is -5.07. The summed E-state index contributed by atoms with van der Waals surface area (Å²) < 4.78 is 46.2. The zero-order chi connectivity index (χ0) is 14.0. The molecular formula is C11H9BrF3NO3. The number of benzene rings is 1. The molecule has 19 heavy (non-hydrogen) atoms. The molecular weight excluding hydrogens is 331 g/mol. The largest absolute Gasteiger partial charge is 0.573 e. The van der Waals surface area contributed by atoms with Crippen LogP contribution in [0, 0.1) is 0 Å². The zero-order valence-electron chi connectivity index (χ0n) is 9.46. The number of nitrogens with one attached hydrogen (secondary N) is 1. The van der Waals surface area contributed by atoms with Crippen molar-refractivity contribution in [1.29, 1.82) is 0 Å². The van der Waals surface area contributed by atoms with Crippen LogP contribution in [0.4, 0.5) is 18.0 Å². The highest BCUT2D eigenvalue weighted by Crippen LogP contribution is 2.34. The third kappa shape index (κ3) is 3.76. The van der Waals surface area contributed by atoms with Crippen molar-refractivity contribution in [3.63, 3.8) is 0 Å². The maximum atomic E-state index is 12.3. The minimum atomic E-state index is -4.78. The van der Waals surface area contributed by atoms with E-state index < -0.39 is 18.5 Å². The van der Waals surface area contributed by atoms with Gasteiger partial charge in [0.05, 0.1) is 12.6 Å². The number of ether oxygens (including phenoxy) is 2. The van der Waals surface area contributed by atoms with Crippen molar-refractivity contribution in [2.45, 2.75) is 18.8 Å². The highest BCUT2D eigenvalue weighted by atomic mass is 79.9. The molecule has 1 heterocycles. The van der Waals surface area contributed by atoms with Gasteiger partial charge in [-0.15, -0.1) is 13.2 Å². The van der Waals surface area contributed by atoms with Crippen LogP contribution >= 0.6 is 15.9 Å². The highest BCUT2D eigenvalue weighted by molar-refractivity contribution is 9.10. The SMILES string of the molecule is O=C1N[C@@H](c2cc(Br)ccc2OC(F)(F)F)CCO1. The molecule has 1 fully saturated rings. The summed E-state index contributed by atoms with van der Waals surface area (Å²) in [5, 5.41) is 2.46. The molecule has 0 aliphatic carbocycles. The molecule has 1 aliphatic rings. The maximum absolute atomic E-state index is 12.3. The van der Waals surface area contributed by atoms with Gasteiger partial charge in [-0.25, -0.2) is 4.79 Å². The van der Waals surface area contributed by atoms with Crippen molar-refractivity contribution in [2.24, 2.45) is 0 Å². The lowest BCUT2D eigenvalue weighted by atomic mass is 10.0. The molecule has 4 nitrogen and oxygen atoms in total. The van der Waals surface area contributed by atoms with Gasteiger partial charge in [0.1, 0.15) is 5.75 Å². The highest BCUT2D eigenvalue weighted by Gasteiger charge is 2.34. The fraction of sp³-hybridized carbons (Fsp3) is 0.364. The Kier molecular flexibility index (Phi) is 3.88. The van der Waals surface area contributed by atoms with Crippen LogP contribution < -0.4 is 10.1 Å². The van der Waals surface area contributed by atoms with Gasteiger partial charge in [-0.2, -0.15) is 0 Å². The van der Waals surface area contributed by atoms with Gasteiger partial charge >= 0.3 is 12.5 Å². The van der Waals surface area contributed by atoms with E-state index in [2.05, 4.69) is 30.7 Å². The Labute approximate surface area is 115 Å². The Morgan fingerprint density at radius 1 is 1.42 bits per heavy atom. The van der Waals surface area contributed by atoms with Crippen LogP contribution in [-0.4, -0.2) is 19.1 Å². The summed E-state index contributed by atoms with van der Waals surface area (Å²) in [6, 6.07) is 3.55. The number of carbonyl (C=O) groups excluding carboxylic acids is 1. The fourth-order valence-corrected chi connectivity index (χ4v) is 2.15. The van der Waals surface area contributed by atoms with Crippen LogP contribution in [-0.2, 0) is 4.74 Å². The molecule has 0 radical (unpaired) electrons. The van der Waals surface area contributed by atoms with Crippen molar-refractivity contribution < 1.29 is 27.4 Å². The molecule has 1 aromatic rings. The molecule has 104 valence electrons. The quantitative estimate of drug-likeness (QED) is 0.896. The normalized spacial score (nSPS) is 19.6. The van der Waals surface area contributed by atoms with E-state index in [0.717, 1.165) is 0 Å². The molecule has 0 spiro atoms. The van der Waals surface area contributed by atoms with E-state index in [9.17, 15) is 18.0 Å². The summed E-state index contributed by atoms with van der Waals surface area (Å²) in [5.41, 5.74) is 0.253. The van der Waals surface area contributed by atoms with Crippen molar-refractivity contribution >= 4 is 22.0 Å². The molecule has 1 atom stereocenters. The number of rotatable bonds is 2. The summed E-state index contributed by atoms with van der Waals surface area (Å²) in [5.74, 6) is -0.331. The number of amides is 1. The smallest absolute Gasteiger partial charge is 0.449 e. The van der Waals surface area contributed by atoms with E-state index in [0.29, 0.717) is 10.9 Å². The summed E-state index contributed by atoms with van der Waals surface area (Å²) >= 11 is 3.18. The number of halogens is 4. The topological polar surface area (TPSA) is 47.6 Å². The standard InChI is InChI=1S/C11H9BrF3NO3/c12-6-1-2-9(19-11(13,14)15)7(5-6)8-3-4-18-10(17)16-8/h1-2,5,8H,3-4H2,(H,16,17)/t8-/m1/s1. The molecule has 2 rings (SSSR count). The lowest BCUT2D eigenvalue weighted by Crippen LogP contribution is -2.35. The van der Waals surface area contributed by atoms with E-state index in [1.165, 1.54) is 18.2 Å². The molecule has 1 aliphatic heterocycles. The molecule has 1 amide bonds. The second-order valence-corrected chi connectivity index (χ2v) is 4.77. The molecule has 0 aromatic heterocycles. The first-order valence-electron chi connectivity index (χ1n) is 5.33. The van der Waals surface area contributed by atoms with Crippen molar-refractivity contribution in [3.05, 3.63) is 28.2 Å². The Morgan fingerprint density at radius 2 is 2.16 bits per heavy atom. The van der Waals surface area contributed by atoms with E-state index in [-0.39, 0.29) is 17.9 Å². The average Bonchev–Trinajstić information content (AvgIpc) is 2.30. The summed E-state index contributed by atoms with van der Waals surface area (Å²) in [7, 11) is 0. The summed E-state index contributed by atoms with van der Waals surface area (Å²) in [4.78, 5) is 11.1. The Hall–Kier alpha value is -1.44. The Bertz CT molecular complexity index is 493. The van der Waals surface area contributed by atoms with Crippen LogP contribution in [0.25, 0.3) is 0 Å². The molecule has 1 aromatic carbocycles. The van der Waals surface area contributed by atoms with Gasteiger partial charge in [-0.05, 0) is 18.2 Å². The van der Waals surface area contributed by atoms with Crippen LogP contribution in [0.3, 0.4) is 0 Å². The van der Waals surface area contributed by atoms with Crippen molar-refractivity contribution in [3.8, 4) is 5.75 Å². The van der Waals surface area contributed by atoms with Gasteiger partial charge in [0.15, 0.2) is 0 Å². The second kappa shape index (κ2) is 5.28. The predicted molar refractivity (Wildman–Crippen MR) is 62.7 cm³/mol. The first-order valence-corrected chi connectivity index (χ1v) is 6.13.